The molecule has 0 aliphatic heterocycles. The molecule has 1 unspecified atom stereocenters. The zero-order valence-electron chi connectivity index (χ0n) is 12.4. The van der Waals surface area contributed by atoms with Crippen LogP contribution < -0.4 is 10.6 Å². The Labute approximate surface area is 134 Å². The molecular formula is C16H21BrN4. The Hall–Kier alpha value is -1.62. The second-order valence-electron chi connectivity index (χ2n) is 4.95. The van der Waals surface area contributed by atoms with Crippen LogP contribution in [0.5, 0.6) is 0 Å². The lowest BCUT2D eigenvalue weighted by Crippen LogP contribution is -2.10. The van der Waals surface area contributed by atoms with Crippen molar-refractivity contribution in [1.82, 2.24) is 9.97 Å². The van der Waals surface area contributed by atoms with E-state index in [2.05, 4.69) is 73.8 Å². The van der Waals surface area contributed by atoms with Gasteiger partial charge in [0.05, 0.1) is 4.47 Å². The van der Waals surface area contributed by atoms with Gasteiger partial charge in [0.25, 0.3) is 0 Å². The van der Waals surface area contributed by atoms with E-state index in [0.29, 0.717) is 11.9 Å². The number of benzene rings is 1. The summed E-state index contributed by atoms with van der Waals surface area (Å²) in [7, 11) is 0. The molecule has 0 saturated heterocycles. The molecule has 2 aromatic rings. The zero-order chi connectivity index (χ0) is 15.1. The number of anilines is 2. The number of rotatable bonds is 7. The average molecular weight is 349 g/mol. The summed E-state index contributed by atoms with van der Waals surface area (Å²) >= 11 is 3.48. The maximum atomic E-state index is 4.45. The van der Waals surface area contributed by atoms with Crippen molar-refractivity contribution in [3.63, 3.8) is 0 Å². The van der Waals surface area contributed by atoms with Gasteiger partial charge in [-0.25, -0.2) is 4.98 Å². The van der Waals surface area contributed by atoms with Crippen molar-refractivity contribution in [2.75, 3.05) is 23.7 Å². The first-order valence-electron chi connectivity index (χ1n) is 7.26. The standard InChI is InChI=1S/C16H21BrN4/c1-3-18-16-20-11-14(17)15(21-16)19-10-9-12(2)13-7-5-4-6-8-13/h4-8,11-12H,3,9-10H2,1-2H3,(H2,18,19,20,21). The van der Waals surface area contributed by atoms with E-state index >= 15 is 0 Å². The van der Waals surface area contributed by atoms with Crippen LogP contribution in [0.4, 0.5) is 11.8 Å². The van der Waals surface area contributed by atoms with Gasteiger partial charge in [-0.1, -0.05) is 37.3 Å². The number of nitrogens with one attached hydrogen (secondary N) is 2. The lowest BCUT2D eigenvalue weighted by Gasteiger charge is -2.14. The van der Waals surface area contributed by atoms with Crippen LogP contribution >= 0.6 is 15.9 Å². The largest absolute Gasteiger partial charge is 0.369 e. The van der Waals surface area contributed by atoms with E-state index < -0.39 is 0 Å². The Morgan fingerprint density at radius 2 is 1.95 bits per heavy atom. The van der Waals surface area contributed by atoms with Gasteiger partial charge in [-0.2, -0.15) is 4.98 Å². The highest BCUT2D eigenvalue weighted by Gasteiger charge is 2.07. The highest BCUT2D eigenvalue weighted by molar-refractivity contribution is 9.10. The fourth-order valence-electron chi connectivity index (χ4n) is 2.09. The molecule has 1 aromatic heterocycles. The fourth-order valence-corrected chi connectivity index (χ4v) is 2.42. The Morgan fingerprint density at radius 3 is 2.67 bits per heavy atom. The van der Waals surface area contributed by atoms with Crippen LogP contribution in [0.15, 0.2) is 41.0 Å². The smallest absolute Gasteiger partial charge is 0.224 e. The zero-order valence-corrected chi connectivity index (χ0v) is 14.0. The molecule has 0 radical (unpaired) electrons. The molecule has 2 rings (SSSR count). The molecule has 0 aliphatic rings. The molecule has 0 fully saturated rings. The third-order valence-electron chi connectivity index (χ3n) is 3.32. The first kappa shape index (κ1) is 15.8. The van der Waals surface area contributed by atoms with Gasteiger partial charge in [0.15, 0.2) is 0 Å². The molecule has 21 heavy (non-hydrogen) atoms. The van der Waals surface area contributed by atoms with Crippen molar-refractivity contribution in [3.05, 3.63) is 46.6 Å². The molecule has 1 aromatic carbocycles. The normalized spacial score (nSPS) is 12.0. The molecule has 0 bridgehead atoms. The molecule has 1 heterocycles. The summed E-state index contributed by atoms with van der Waals surface area (Å²) in [5, 5.41) is 6.49. The predicted molar refractivity (Wildman–Crippen MR) is 91.9 cm³/mol. The monoisotopic (exact) mass is 348 g/mol. The summed E-state index contributed by atoms with van der Waals surface area (Å²) in [6.45, 7) is 5.96. The third kappa shape index (κ3) is 4.70. The summed E-state index contributed by atoms with van der Waals surface area (Å²) in [5.41, 5.74) is 1.37. The quantitative estimate of drug-likeness (QED) is 0.784. The molecule has 1 atom stereocenters. The van der Waals surface area contributed by atoms with E-state index in [0.717, 1.165) is 29.8 Å². The molecule has 0 saturated carbocycles. The Balaban J connectivity index is 1.89. The van der Waals surface area contributed by atoms with Crippen LogP contribution in [-0.4, -0.2) is 23.1 Å². The van der Waals surface area contributed by atoms with E-state index in [4.69, 9.17) is 0 Å². The number of halogens is 1. The van der Waals surface area contributed by atoms with Gasteiger partial charge >= 0.3 is 0 Å². The Bertz CT molecular complexity index is 559. The highest BCUT2D eigenvalue weighted by atomic mass is 79.9. The number of hydrogen-bond acceptors (Lipinski definition) is 4. The average Bonchev–Trinajstić information content (AvgIpc) is 2.51. The number of hydrogen-bond donors (Lipinski definition) is 2. The van der Waals surface area contributed by atoms with Crippen molar-refractivity contribution >= 4 is 27.7 Å². The first-order chi connectivity index (χ1) is 10.2. The van der Waals surface area contributed by atoms with Crippen molar-refractivity contribution in [2.45, 2.75) is 26.2 Å². The van der Waals surface area contributed by atoms with Crippen LogP contribution in [-0.2, 0) is 0 Å². The van der Waals surface area contributed by atoms with Gasteiger partial charge in [-0.05, 0) is 40.8 Å². The molecule has 0 amide bonds. The minimum atomic E-state index is 0.521. The molecule has 112 valence electrons. The van der Waals surface area contributed by atoms with E-state index in [-0.39, 0.29) is 0 Å². The summed E-state index contributed by atoms with van der Waals surface area (Å²) in [4.78, 5) is 8.66. The van der Waals surface area contributed by atoms with Crippen molar-refractivity contribution in [1.29, 1.82) is 0 Å². The summed E-state index contributed by atoms with van der Waals surface area (Å²) in [6.07, 6.45) is 2.82. The predicted octanol–water partition coefficient (Wildman–Crippen LogP) is 4.28. The van der Waals surface area contributed by atoms with Gasteiger partial charge in [0.1, 0.15) is 5.82 Å². The van der Waals surface area contributed by atoms with E-state index in [9.17, 15) is 0 Å². The minimum Gasteiger partial charge on any atom is -0.369 e. The van der Waals surface area contributed by atoms with E-state index in [1.165, 1.54) is 5.56 Å². The second-order valence-corrected chi connectivity index (χ2v) is 5.80. The van der Waals surface area contributed by atoms with E-state index in [1.54, 1.807) is 6.20 Å². The third-order valence-corrected chi connectivity index (χ3v) is 3.90. The van der Waals surface area contributed by atoms with Crippen LogP contribution in [0, 0.1) is 0 Å². The lowest BCUT2D eigenvalue weighted by atomic mass is 9.98. The van der Waals surface area contributed by atoms with Crippen molar-refractivity contribution < 1.29 is 0 Å². The molecule has 0 aliphatic carbocycles. The van der Waals surface area contributed by atoms with Gasteiger partial charge in [0, 0.05) is 19.3 Å². The van der Waals surface area contributed by atoms with Crippen LogP contribution in [0.3, 0.4) is 0 Å². The second kappa shape index (κ2) is 7.98. The number of nitrogens with zero attached hydrogens (tertiary/aromatic N) is 2. The molecule has 4 nitrogen and oxygen atoms in total. The van der Waals surface area contributed by atoms with Crippen LogP contribution in [0.25, 0.3) is 0 Å². The molecule has 5 heteroatoms. The van der Waals surface area contributed by atoms with Crippen molar-refractivity contribution in [2.24, 2.45) is 0 Å². The SMILES string of the molecule is CCNc1ncc(Br)c(NCCC(C)c2ccccc2)n1. The van der Waals surface area contributed by atoms with Crippen LogP contribution in [0.2, 0.25) is 0 Å². The summed E-state index contributed by atoms with van der Waals surface area (Å²) in [6, 6.07) is 10.6. The summed E-state index contributed by atoms with van der Waals surface area (Å²) in [5.74, 6) is 2.01. The molecule has 0 spiro atoms. The molecule has 2 N–H and O–H groups in total. The molecular weight excluding hydrogens is 328 g/mol. The van der Waals surface area contributed by atoms with Gasteiger partial charge in [-0.3, -0.25) is 0 Å². The number of aromatic nitrogens is 2. The summed E-state index contributed by atoms with van der Waals surface area (Å²) < 4.78 is 0.886. The highest BCUT2D eigenvalue weighted by Crippen LogP contribution is 2.22. The van der Waals surface area contributed by atoms with Gasteiger partial charge < -0.3 is 10.6 Å². The van der Waals surface area contributed by atoms with Gasteiger partial charge in [0.2, 0.25) is 5.95 Å². The van der Waals surface area contributed by atoms with Crippen LogP contribution in [0.1, 0.15) is 31.7 Å². The fraction of sp³-hybridized carbons (Fsp3) is 0.375. The van der Waals surface area contributed by atoms with Gasteiger partial charge in [-0.15, -0.1) is 0 Å². The topological polar surface area (TPSA) is 49.8 Å². The minimum absolute atomic E-state index is 0.521. The van der Waals surface area contributed by atoms with E-state index in [1.807, 2.05) is 6.92 Å². The Kier molecular flexibility index (Phi) is 5.99. The lowest BCUT2D eigenvalue weighted by molar-refractivity contribution is 0.704. The van der Waals surface area contributed by atoms with Crippen molar-refractivity contribution in [3.8, 4) is 0 Å². The maximum absolute atomic E-state index is 4.45. The first-order valence-corrected chi connectivity index (χ1v) is 8.05. The maximum Gasteiger partial charge on any atom is 0.224 e. The Morgan fingerprint density at radius 1 is 1.19 bits per heavy atom.